The van der Waals surface area contributed by atoms with E-state index in [1.165, 1.54) is 11.9 Å². The second-order valence-electron chi connectivity index (χ2n) is 9.65. The SMILES string of the molecule is CCC1CC(c2ccn3ncnc(Nc4ccc(Oc5ccn6ncnc6c5)c(C)c4)c23)CC(C)N1. The lowest BCUT2D eigenvalue weighted by molar-refractivity contribution is 0.298. The van der Waals surface area contributed by atoms with Gasteiger partial charge < -0.3 is 15.4 Å². The molecule has 1 saturated heterocycles. The van der Waals surface area contributed by atoms with Gasteiger partial charge in [-0.25, -0.2) is 19.0 Å². The maximum Gasteiger partial charge on any atom is 0.158 e. The molecule has 0 radical (unpaired) electrons. The summed E-state index contributed by atoms with van der Waals surface area (Å²) in [7, 11) is 0. The van der Waals surface area contributed by atoms with Gasteiger partial charge in [-0.05, 0) is 80.5 Å². The molecule has 184 valence electrons. The third kappa shape index (κ3) is 4.26. The number of aromatic nitrogens is 6. The molecule has 1 aliphatic heterocycles. The molecule has 2 N–H and O–H groups in total. The molecule has 9 nitrogen and oxygen atoms in total. The van der Waals surface area contributed by atoms with Crippen LogP contribution in [0.15, 0.2) is 61.4 Å². The molecule has 0 spiro atoms. The predicted octanol–water partition coefficient (Wildman–Crippen LogP) is 5.25. The van der Waals surface area contributed by atoms with Crippen molar-refractivity contribution in [3.63, 3.8) is 0 Å². The lowest BCUT2D eigenvalue weighted by Gasteiger charge is -2.34. The first-order chi connectivity index (χ1) is 17.6. The van der Waals surface area contributed by atoms with Crippen LogP contribution in [-0.2, 0) is 0 Å². The van der Waals surface area contributed by atoms with E-state index in [4.69, 9.17) is 4.74 Å². The van der Waals surface area contributed by atoms with Crippen LogP contribution in [-0.4, -0.2) is 41.3 Å². The molecule has 6 rings (SSSR count). The van der Waals surface area contributed by atoms with Crippen molar-refractivity contribution >= 4 is 22.7 Å². The van der Waals surface area contributed by atoms with Gasteiger partial charge in [0.05, 0.1) is 0 Å². The van der Waals surface area contributed by atoms with Gasteiger partial charge in [0.25, 0.3) is 0 Å². The number of pyridine rings is 1. The van der Waals surface area contributed by atoms with Gasteiger partial charge in [-0.15, -0.1) is 0 Å². The molecule has 5 heterocycles. The van der Waals surface area contributed by atoms with Crippen LogP contribution in [0.5, 0.6) is 11.5 Å². The molecule has 0 bridgehead atoms. The number of aryl methyl sites for hydroxylation is 1. The molecule has 1 aromatic carbocycles. The fourth-order valence-corrected chi connectivity index (χ4v) is 5.31. The van der Waals surface area contributed by atoms with E-state index in [1.54, 1.807) is 10.8 Å². The first-order valence-electron chi connectivity index (χ1n) is 12.5. The highest BCUT2D eigenvalue weighted by Gasteiger charge is 2.28. The number of benzene rings is 1. The zero-order valence-electron chi connectivity index (χ0n) is 20.7. The molecular weight excluding hydrogens is 452 g/mol. The van der Waals surface area contributed by atoms with Crippen molar-refractivity contribution in [2.24, 2.45) is 0 Å². The minimum atomic E-state index is 0.475. The summed E-state index contributed by atoms with van der Waals surface area (Å²) >= 11 is 0. The summed E-state index contributed by atoms with van der Waals surface area (Å²) < 4.78 is 9.77. The fourth-order valence-electron chi connectivity index (χ4n) is 5.31. The maximum absolute atomic E-state index is 6.13. The molecule has 9 heteroatoms. The molecule has 1 aliphatic rings. The highest BCUT2D eigenvalue weighted by atomic mass is 16.5. The van der Waals surface area contributed by atoms with Crippen LogP contribution in [0.3, 0.4) is 0 Å². The average Bonchev–Trinajstić information content (AvgIpc) is 3.53. The number of piperidine rings is 1. The zero-order valence-corrected chi connectivity index (χ0v) is 20.7. The van der Waals surface area contributed by atoms with Crippen LogP contribution < -0.4 is 15.4 Å². The van der Waals surface area contributed by atoms with Gasteiger partial charge in [-0.3, -0.25) is 0 Å². The number of nitrogens with one attached hydrogen (secondary N) is 2. The number of ether oxygens (including phenoxy) is 1. The van der Waals surface area contributed by atoms with Gasteiger partial charge in [-0.2, -0.15) is 10.2 Å². The van der Waals surface area contributed by atoms with Gasteiger partial charge >= 0.3 is 0 Å². The number of hydrogen-bond acceptors (Lipinski definition) is 7. The third-order valence-electron chi connectivity index (χ3n) is 7.06. The highest BCUT2D eigenvalue weighted by molar-refractivity contribution is 5.77. The zero-order chi connectivity index (χ0) is 24.6. The topological polar surface area (TPSA) is 93.7 Å². The van der Waals surface area contributed by atoms with Crippen LogP contribution in [0.2, 0.25) is 0 Å². The van der Waals surface area contributed by atoms with Crippen molar-refractivity contribution in [1.82, 2.24) is 34.5 Å². The first kappa shape index (κ1) is 22.5. The van der Waals surface area contributed by atoms with E-state index >= 15 is 0 Å². The lowest BCUT2D eigenvalue weighted by atomic mass is 9.83. The number of anilines is 2. The summed E-state index contributed by atoms with van der Waals surface area (Å²) in [4.78, 5) is 8.85. The molecule has 0 amide bonds. The Morgan fingerprint density at radius 3 is 2.72 bits per heavy atom. The Morgan fingerprint density at radius 1 is 1.03 bits per heavy atom. The summed E-state index contributed by atoms with van der Waals surface area (Å²) in [5.74, 6) is 2.79. The van der Waals surface area contributed by atoms with Crippen LogP contribution in [0.4, 0.5) is 11.5 Å². The molecule has 5 aromatic rings. The third-order valence-corrected chi connectivity index (χ3v) is 7.06. The van der Waals surface area contributed by atoms with E-state index < -0.39 is 0 Å². The average molecular weight is 483 g/mol. The number of rotatable bonds is 6. The Bertz CT molecular complexity index is 1520. The Hall–Kier alpha value is -3.98. The summed E-state index contributed by atoms with van der Waals surface area (Å²) in [6.07, 6.45) is 10.4. The first-order valence-corrected chi connectivity index (χ1v) is 12.5. The minimum Gasteiger partial charge on any atom is -0.457 e. The number of fused-ring (bicyclic) bond motifs is 2. The quantitative estimate of drug-likeness (QED) is 0.341. The predicted molar refractivity (Wildman–Crippen MR) is 139 cm³/mol. The van der Waals surface area contributed by atoms with E-state index in [2.05, 4.69) is 56.8 Å². The van der Waals surface area contributed by atoms with Crippen molar-refractivity contribution in [1.29, 1.82) is 0 Å². The van der Waals surface area contributed by atoms with E-state index in [-0.39, 0.29) is 0 Å². The van der Waals surface area contributed by atoms with Crippen LogP contribution in [0, 0.1) is 6.92 Å². The largest absolute Gasteiger partial charge is 0.457 e. The smallest absolute Gasteiger partial charge is 0.158 e. The van der Waals surface area contributed by atoms with E-state index in [0.717, 1.165) is 59.0 Å². The van der Waals surface area contributed by atoms with Crippen molar-refractivity contribution in [2.75, 3.05) is 5.32 Å². The van der Waals surface area contributed by atoms with E-state index in [0.29, 0.717) is 18.0 Å². The van der Waals surface area contributed by atoms with E-state index in [1.807, 2.05) is 48.1 Å². The van der Waals surface area contributed by atoms with Gasteiger partial charge in [0.15, 0.2) is 11.5 Å². The Labute approximate surface area is 209 Å². The van der Waals surface area contributed by atoms with Crippen LogP contribution in [0.1, 0.15) is 50.2 Å². The molecule has 1 fully saturated rings. The van der Waals surface area contributed by atoms with E-state index in [9.17, 15) is 0 Å². The van der Waals surface area contributed by atoms with Crippen LogP contribution >= 0.6 is 0 Å². The maximum atomic E-state index is 6.13. The normalized spacial score (nSPS) is 20.1. The van der Waals surface area contributed by atoms with Crippen molar-refractivity contribution < 1.29 is 4.74 Å². The van der Waals surface area contributed by atoms with Crippen LogP contribution in [0.25, 0.3) is 11.2 Å². The van der Waals surface area contributed by atoms with Crippen molar-refractivity contribution in [3.8, 4) is 11.5 Å². The number of nitrogens with zero attached hydrogens (tertiary/aromatic N) is 6. The fraction of sp³-hybridized carbons (Fsp3) is 0.333. The van der Waals surface area contributed by atoms with Gasteiger partial charge in [0.1, 0.15) is 29.7 Å². The molecule has 36 heavy (non-hydrogen) atoms. The summed E-state index contributed by atoms with van der Waals surface area (Å²) in [5, 5.41) is 15.9. The Morgan fingerprint density at radius 2 is 1.86 bits per heavy atom. The highest BCUT2D eigenvalue weighted by Crippen LogP contribution is 2.37. The van der Waals surface area contributed by atoms with Gasteiger partial charge in [-0.1, -0.05) is 6.92 Å². The minimum absolute atomic E-state index is 0.475. The van der Waals surface area contributed by atoms with Crippen molar-refractivity contribution in [2.45, 2.75) is 58.0 Å². The monoisotopic (exact) mass is 482 g/mol. The number of hydrogen-bond donors (Lipinski definition) is 2. The van der Waals surface area contributed by atoms with Gasteiger partial charge in [0.2, 0.25) is 0 Å². The standard InChI is InChI=1S/C27H30N8O/c1-4-20-13-19(12-18(3)32-20)23-8-10-35-26(23)27(29-16-31-35)33-21-5-6-24(17(2)11-21)36-22-7-9-34-25(14-22)28-15-30-34/h5-11,14-16,18-20,32H,4,12-13H2,1-3H3,(H,29,31,33). The lowest BCUT2D eigenvalue weighted by Crippen LogP contribution is -2.42. The molecule has 3 atom stereocenters. The molecular formula is C27H30N8O. The second kappa shape index (κ2) is 9.23. The summed E-state index contributed by atoms with van der Waals surface area (Å²) in [6, 6.07) is 13.0. The summed E-state index contributed by atoms with van der Waals surface area (Å²) in [5.41, 5.74) is 5.06. The van der Waals surface area contributed by atoms with Crippen molar-refractivity contribution in [3.05, 3.63) is 72.6 Å². The Kier molecular flexibility index (Phi) is 5.77. The second-order valence-corrected chi connectivity index (χ2v) is 9.65. The Balaban J connectivity index is 1.26. The van der Waals surface area contributed by atoms with Gasteiger partial charge in [0, 0.05) is 36.2 Å². The molecule has 0 aliphatic carbocycles. The molecule has 4 aromatic heterocycles. The molecule has 0 saturated carbocycles. The molecule has 3 unspecified atom stereocenters. The summed E-state index contributed by atoms with van der Waals surface area (Å²) in [6.45, 7) is 6.57.